The van der Waals surface area contributed by atoms with E-state index < -0.39 is 0 Å². The van der Waals surface area contributed by atoms with Crippen LogP contribution in [0.3, 0.4) is 0 Å². The average molecular weight is 353 g/mol. The maximum Gasteiger partial charge on any atom is 0.251 e. The lowest BCUT2D eigenvalue weighted by Crippen LogP contribution is -2.33. The Hall–Kier alpha value is -3.15. The summed E-state index contributed by atoms with van der Waals surface area (Å²) in [7, 11) is 0. The normalized spacial score (nSPS) is 10.2. The molecule has 0 radical (unpaired) electrons. The fraction of sp³-hybridized carbons (Fsp3) is 0.250. The highest BCUT2D eigenvalue weighted by Crippen LogP contribution is 2.21. The minimum atomic E-state index is -0.355. The fourth-order valence-corrected chi connectivity index (χ4v) is 2.73. The minimum Gasteiger partial charge on any atom is -0.343 e. The van der Waals surface area contributed by atoms with Crippen LogP contribution in [0.15, 0.2) is 36.4 Å². The Bertz CT molecular complexity index is 819. The van der Waals surface area contributed by atoms with Crippen LogP contribution < -0.4 is 16.0 Å². The van der Waals surface area contributed by atoms with Crippen LogP contribution in [0.4, 0.5) is 11.4 Å². The summed E-state index contributed by atoms with van der Waals surface area (Å²) in [6.45, 7) is 7.16. The number of carbonyl (C=O) groups excluding carboxylic acids is 3. The summed E-state index contributed by atoms with van der Waals surface area (Å²) < 4.78 is 0. The fourth-order valence-electron chi connectivity index (χ4n) is 2.73. The molecule has 0 saturated heterocycles. The number of benzene rings is 2. The summed E-state index contributed by atoms with van der Waals surface area (Å²) in [5.74, 6) is -0.823. The molecular formula is C20H23N3O3. The van der Waals surface area contributed by atoms with Gasteiger partial charge < -0.3 is 16.0 Å². The first-order chi connectivity index (χ1) is 12.3. The van der Waals surface area contributed by atoms with Gasteiger partial charge in [0.2, 0.25) is 11.8 Å². The van der Waals surface area contributed by atoms with E-state index >= 15 is 0 Å². The van der Waals surface area contributed by atoms with Gasteiger partial charge in [-0.25, -0.2) is 0 Å². The minimum absolute atomic E-state index is 0.126. The van der Waals surface area contributed by atoms with Crippen LogP contribution in [-0.2, 0) is 9.59 Å². The molecule has 0 fully saturated rings. The number of rotatable bonds is 5. The standard InChI is InChI=1S/C20H23N3O3/c1-12-9-13(2)19(14(3)10-12)23-18(25)11-21-20(26)16-5-7-17(8-6-16)22-15(4)24/h5-10H,11H2,1-4H3,(H,21,26)(H,22,24)(H,23,25). The summed E-state index contributed by atoms with van der Waals surface area (Å²) in [5, 5.41) is 8.06. The Labute approximate surface area is 153 Å². The number of anilines is 2. The number of carbonyl (C=O) groups is 3. The SMILES string of the molecule is CC(=O)Nc1ccc(C(=O)NCC(=O)Nc2c(C)cc(C)cc2C)cc1. The monoisotopic (exact) mass is 353 g/mol. The van der Waals surface area contributed by atoms with Crippen molar-refractivity contribution in [3.05, 3.63) is 58.7 Å². The van der Waals surface area contributed by atoms with Crippen molar-refractivity contribution in [2.24, 2.45) is 0 Å². The van der Waals surface area contributed by atoms with Gasteiger partial charge in [0.1, 0.15) is 0 Å². The summed E-state index contributed by atoms with van der Waals surface area (Å²) in [6, 6.07) is 10.4. The van der Waals surface area contributed by atoms with E-state index in [0.717, 1.165) is 22.4 Å². The molecule has 6 nitrogen and oxygen atoms in total. The topological polar surface area (TPSA) is 87.3 Å². The van der Waals surface area contributed by atoms with Gasteiger partial charge in [0.15, 0.2) is 0 Å². The van der Waals surface area contributed by atoms with Gasteiger partial charge in [-0.3, -0.25) is 14.4 Å². The second-order valence-corrected chi connectivity index (χ2v) is 6.26. The Morgan fingerprint density at radius 1 is 0.885 bits per heavy atom. The van der Waals surface area contributed by atoms with Gasteiger partial charge in [-0.15, -0.1) is 0 Å². The molecule has 3 amide bonds. The summed E-state index contributed by atoms with van der Waals surface area (Å²) >= 11 is 0. The molecule has 0 saturated carbocycles. The van der Waals surface area contributed by atoms with Crippen molar-refractivity contribution in [3.63, 3.8) is 0 Å². The average Bonchev–Trinajstić information content (AvgIpc) is 2.56. The lowest BCUT2D eigenvalue weighted by atomic mass is 10.1. The Morgan fingerprint density at radius 2 is 1.46 bits per heavy atom. The number of aryl methyl sites for hydroxylation is 3. The lowest BCUT2D eigenvalue weighted by Gasteiger charge is -2.13. The van der Waals surface area contributed by atoms with Crippen LogP contribution in [0.25, 0.3) is 0 Å². The van der Waals surface area contributed by atoms with Crippen LogP contribution >= 0.6 is 0 Å². The molecule has 26 heavy (non-hydrogen) atoms. The largest absolute Gasteiger partial charge is 0.343 e. The van der Waals surface area contributed by atoms with Crippen LogP contribution in [0.2, 0.25) is 0 Å². The number of hydrogen-bond donors (Lipinski definition) is 3. The number of amides is 3. The van der Waals surface area contributed by atoms with Gasteiger partial charge in [0.05, 0.1) is 6.54 Å². The second-order valence-electron chi connectivity index (χ2n) is 6.26. The second kappa shape index (κ2) is 8.29. The quantitative estimate of drug-likeness (QED) is 0.772. The predicted molar refractivity (Wildman–Crippen MR) is 102 cm³/mol. The summed E-state index contributed by atoms with van der Waals surface area (Å²) in [5.41, 5.74) is 4.89. The van der Waals surface area contributed by atoms with Crippen molar-refractivity contribution >= 4 is 29.1 Å². The molecule has 6 heteroatoms. The van der Waals surface area contributed by atoms with E-state index in [-0.39, 0.29) is 24.3 Å². The number of hydrogen-bond acceptors (Lipinski definition) is 3. The van der Waals surface area contributed by atoms with E-state index in [1.807, 2.05) is 32.9 Å². The molecule has 2 rings (SSSR count). The van der Waals surface area contributed by atoms with Crippen molar-refractivity contribution in [2.75, 3.05) is 17.2 Å². The first-order valence-electron chi connectivity index (χ1n) is 8.30. The Kier molecular flexibility index (Phi) is 6.11. The molecule has 0 spiro atoms. The molecule has 0 aliphatic heterocycles. The van der Waals surface area contributed by atoms with E-state index in [9.17, 15) is 14.4 Å². The van der Waals surface area contributed by atoms with E-state index in [1.54, 1.807) is 24.3 Å². The van der Waals surface area contributed by atoms with Crippen LogP contribution in [0.5, 0.6) is 0 Å². The molecule has 0 bridgehead atoms. The highest BCUT2D eigenvalue weighted by atomic mass is 16.2. The van der Waals surface area contributed by atoms with Gasteiger partial charge in [0, 0.05) is 23.9 Å². The van der Waals surface area contributed by atoms with Crippen LogP contribution in [-0.4, -0.2) is 24.3 Å². The number of nitrogens with one attached hydrogen (secondary N) is 3. The van der Waals surface area contributed by atoms with E-state index in [1.165, 1.54) is 6.92 Å². The lowest BCUT2D eigenvalue weighted by molar-refractivity contribution is -0.115. The highest BCUT2D eigenvalue weighted by molar-refractivity contribution is 6.00. The van der Waals surface area contributed by atoms with Crippen molar-refractivity contribution in [2.45, 2.75) is 27.7 Å². The van der Waals surface area contributed by atoms with Crippen molar-refractivity contribution in [1.82, 2.24) is 5.32 Å². The zero-order valence-electron chi connectivity index (χ0n) is 15.4. The summed E-state index contributed by atoms with van der Waals surface area (Å²) in [4.78, 5) is 35.3. The zero-order chi connectivity index (χ0) is 19.3. The molecular weight excluding hydrogens is 330 g/mol. The Balaban J connectivity index is 1.93. The van der Waals surface area contributed by atoms with Gasteiger partial charge in [-0.2, -0.15) is 0 Å². The highest BCUT2D eigenvalue weighted by Gasteiger charge is 2.11. The Morgan fingerprint density at radius 3 is 2.00 bits per heavy atom. The third kappa shape index (κ3) is 5.17. The molecule has 3 N–H and O–H groups in total. The van der Waals surface area contributed by atoms with Crippen molar-refractivity contribution in [3.8, 4) is 0 Å². The first-order valence-corrected chi connectivity index (χ1v) is 8.30. The van der Waals surface area contributed by atoms with Crippen LogP contribution in [0.1, 0.15) is 34.0 Å². The maximum absolute atomic E-state index is 12.1. The molecule has 0 heterocycles. The predicted octanol–water partition coefficient (Wildman–Crippen LogP) is 2.94. The van der Waals surface area contributed by atoms with Gasteiger partial charge >= 0.3 is 0 Å². The van der Waals surface area contributed by atoms with E-state index in [2.05, 4.69) is 16.0 Å². The summed E-state index contributed by atoms with van der Waals surface area (Å²) in [6.07, 6.45) is 0. The van der Waals surface area contributed by atoms with E-state index in [0.29, 0.717) is 11.3 Å². The van der Waals surface area contributed by atoms with E-state index in [4.69, 9.17) is 0 Å². The van der Waals surface area contributed by atoms with Crippen molar-refractivity contribution < 1.29 is 14.4 Å². The molecule has 0 aliphatic rings. The first kappa shape index (κ1) is 19.2. The third-order valence-corrected chi connectivity index (χ3v) is 3.82. The molecule has 2 aromatic rings. The third-order valence-electron chi connectivity index (χ3n) is 3.82. The molecule has 0 atom stereocenters. The smallest absolute Gasteiger partial charge is 0.251 e. The molecule has 0 unspecified atom stereocenters. The van der Waals surface area contributed by atoms with Gasteiger partial charge in [-0.05, 0) is 56.2 Å². The molecule has 0 aliphatic carbocycles. The van der Waals surface area contributed by atoms with Crippen LogP contribution in [0, 0.1) is 20.8 Å². The zero-order valence-corrected chi connectivity index (χ0v) is 15.4. The molecule has 0 aromatic heterocycles. The van der Waals surface area contributed by atoms with Gasteiger partial charge in [-0.1, -0.05) is 17.7 Å². The maximum atomic E-state index is 12.1. The van der Waals surface area contributed by atoms with Crippen molar-refractivity contribution in [1.29, 1.82) is 0 Å². The molecule has 136 valence electrons. The molecule has 2 aromatic carbocycles. The van der Waals surface area contributed by atoms with Gasteiger partial charge in [0.25, 0.3) is 5.91 Å².